The average molecular weight is 1710 g/mol. The number of hydrogen-bond donors (Lipinski definition) is 1. The molecule has 19 nitrogen and oxygen atoms in total. The number of carbonyl (C=O) groups excluding carboxylic acids is 2. The van der Waals surface area contributed by atoms with Gasteiger partial charge in [0.2, 0.25) is 5.91 Å². The van der Waals surface area contributed by atoms with Gasteiger partial charge in [0.15, 0.2) is 0 Å². The zero-order valence-electron chi connectivity index (χ0n) is 82.9. The van der Waals surface area contributed by atoms with Crippen LogP contribution in [0.4, 0.5) is 0 Å². The third-order valence-electron chi connectivity index (χ3n) is 25.0. The zero-order chi connectivity index (χ0) is 90.9. The number of carbonyl (C=O) groups is 2. The molecule has 1 saturated carbocycles. The number of nitrogens with zero attached hydrogens (tertiary/aromatic N) is 11. The Morgan fingerprint density at radius 1 is 0.483 bits per heavy atom. The van der Waals surface area contributed by atoms with Crippen LogP contribution in [0, 0.1) is 29.6 Å². The van der Waals surface area contributed by atoms with Crippen LogP contribution in [0.15, 0.2) is 69.4 Å². The van der Waals surface area contributed by atoms with Gasteiger partial charge in [-0.1, -0.05) is 122 Å². The molecule has 7 saturated heterocycles. The number of β-amino-alcohol motifs (C(OH)–C–C–N with tert-alkyl or cyclic N) is 1. The lowest BCUT2D eigenvalue weighted by Crippen LogP contribution is -2.50. The molecular formula is C100H189N11O8S. The summed E-state index contributed by atoms with van der Waals surface area (Å²) in [6.45, 7) is 71.8. The maximum atomic E-state index is 11.7. The summed E-state index contributed by atoms with van der Waals surface area (Å²) >= 11 is 0. The summed E-state index contributed by atoms with van der Waals surface area (Å²) in [5.74, 6) is 11.2. The van der Waals surface area contributed by atoms with E-state index in [1.807, 2.05) is 51.7 Å². The predicted molar refractivity (Wildman–Crippen MR) is 518 cm³/mol. The molecule has 0 bridgehead atoms. The van der Waals surface area contributed by atoms with Gasteiger partial charge in [-0.25, -0.2) is 0 Å². The van der Waals surface area contributed by atoms with Gasteiger partial charge >= 0.3 is 0 Å². The molecule has 0 aromatic carbocycles. The average Bonchev–Trinajstić information content (AvgIpc) is 0.863. The number of Topliss-reactive ketones (excluding diaryl/α,β-unsaturated/α-hetero) is 1. The molecule has 3 aromatic heterocycles. The van der Waals surface area contributed by atoms with E-state index in [-0.39, 0.29) is 28.7 Å². The molecule has 1 N–H and O–H groups in total. The third-order valence-corrected chi connectivity index (χ3v) is 26.8. The number of ether oxygens (including phenoxy) is 1. The molecule has 1 amide bonds. The number of piperidine rings is 4. The van der Waals surface area contributed by atoms with Crippen LogP contribution >= 0.6 is 0 Å². The van der Waals surface area contributed by atoms with Gasteiger partial charge in [-0.05, 0) is 312 Å². The quantitative estimate of drug-likeness (QED) is 0.126. The number of aliphatic hydroxyl groups excluding tert-OH is 1. The van der Waals surface area contributed by atoms with Crippen LogP contribution in [0.3, 0.4) is 0 Å². The standard InChI is InChI=1S/C12H20N2O.C11H17NO.C10H19NO.C9H13NO.C9H19N.C9H18.C8H16N2O.C8H17NOS.C8H17NO.C8H17N.C8H16O/c1-10(2)11-5-6-14(12(15)9-11)8-7-13(3)4;1-4-6-12-7-5-10(9(2)3)8-11(12)13;1-8(2)11-6-4-10(5-7-11)9(3)12;1-7(2)8-4-5-10(3)9(11)6-8;1-8(2)10-6-4-5-9(3)7-10;1-8(2)9-6-4-3-5-7-9;1-7(2)10-5-4-9(3)8(11)6-10;1-8(2)9-4-6-11(3,10)7-5-9;1-7(2)9-5-3-4-8(10)6-9;1-8(2)9-6-4-3-5-7-9;1-7(2)8-5-3-4-6-9-8/h5-6,9-10H,7-8H2,1-4H3;5,7-9H,4,6H2,1-3H3;8,10H,4-7H2,1-3H3;4-7H,1-3H3;8-9H,4-7H2,1-3H3;8-9H,3-7H2,1-2H3;7H,4-6H2,1-3H3;8H,3-7H2,1-2H3;7-8,10H,3-6H2,1-2H3;8H,3-7H2,1-2H3;7-8H,3-6H2,1-2H3. The minimum Gasteiger partial charge on any atom is -0.392 e. The molecule has 3 atom stereocenters. The Morgan fingerprint density at radius 2 is 0.908 bits per heavy atom. The van der Waals surface area contributed by atoms with Gasteiger partial charge in [0, 0.05) is 170 Å². The highest BCUT2D eigenvalue weighted by Gasteiger charge is 2.26. The molecule has 3 aromatic rings. The van der Waals surface area contributed by atoms with Crippen molar-refractivity contribution in [1.82, 2.24) is 52.9 Å². The number of ketones is 1. The fraction of sp³-hybridized carbons (Fsp3) is 0.820. The Balaban J connectivity index is 0.000000662. The van der Waals surface area contributed by atoms with Crippen molar-refractivity contribution in [3.05, 3.63) is 103 Å². The van der Waals surface area contributed by atoms with Gasteiger partial charge in [0.25, 0.3) is 16.7 Å². The summed E-state index contributed by atoms with van der Waals surface area (Å²) in [7, 11) is 5.94. The van der Waals surface area contributed by atoms with E-state index in [1.54, 1.807) is 57.0 Å². The zero-order valence-corrected chi connectivity index (χ0v) is 83.8. The second-order valence-electron chi connectivity index (χ2n) is 39.3. The van der Waals surface area contributed by atoms with Crippen LogP contribution in [0.1, 0.15) is 323 Å². The first-order valence-corrected chi connectivity index (χ1v) is 49.9. The van der Waals surface area contributed by atoms with E-state index in [1.165, 1.54) is 110 Å². The van der Waals surface area contributed by atoms with E-state index in [0.717, 1.165) is 169 Å². The summed E-state index contributed by atoms with van der Waals surface area (Å²) in [5, 5.41) is 9.29. The summed E-state index contributed by atoms with van der Waals surface area (Å²) < 4.78 is 22.1. The topological polar surface area (TPSA) is 173 Å². The van der Waals surface area contributed by atoms with Crippen LogP contribution in [0.2, 0.25) is 0 Å². The Labute approximate surface area is 737 Å². The minimum absolute atomic E-state index is 0.0659. The molecule has 8 aliphatic rings. The smallest absolute Gasteiger partial charge is 0.250 e. The highest BCUT2D eigenvalue weighted by Crippen LogP contribution is 2.29. The molecule has 10 heterocycles. The Hall–Kier alpha value is -4.35. The van der Waals surface area contributed by atoms with Gasteiger partial charge < -0.3 is 48.0 Å². The first-order chi connectivity index (χ1) is 56.3. The lowest BCUT2D eigenvalue weighted by Gasteiger charge is -2.34. The lowest BCUT2D eigenvalue weighted by molar-refractivity contribution is -0.135. The number of likely N-dealkylation sites (N-methyl/N-ethyl adjacent to an activating group) is 2. The summed E-state index contributed by atoms with van der Waals surface area (Å²) in [6, 6.07) is 15.0. The monoisotopic (exact) mass is 1700 g/mol. The van der Waals surface area contributed by atoms with Crippen molar-refractivity contribution in [3.63, 3.8) is 0 Å². The summed E-state index contributed by atoms with van der Waals surface area (Å²) in [4.78, 5) is 74.9. The number of hydrogen-bond acceptors (Lipinski definition) is 15. The Morgan fingerprint density at radius 3 is 1.26 bits per heavy atom. The van der Waals surface area contributed by atoms with Crippen LogP contribution in [-0.4, -0.2) is 259 Å². The fourth-order valence-electron chi connectivity index (χ4n) is 15.6. The number of aromatic nitrogens is 3. The van der Waals surface area contributed by atoms with Crippen molar-refractivity contribution in [3.8, 4) is 0 Å². The van der Waals surface area contributed by atoms with Gasteiger partial charge in [0.05, 0.1) is 18.8 Å². The molecular weight excluding hydrogens is 1520 g/mol. The molecule has 11 rings (SSSR count). The molecule has 0 radical (unpaired) electrons. The largest absolute Gasteiger partial charge is 0.392 e. The van der Waals surface area contributed by atoms with Gasteiger partial charge in [-0.15, -0.1) is 0 Å². The van der Waals surface area contributed by atoms with Crippen molar-refractivity contribution >= 4 is 27.1 Å². The van der Waals surface area contributed by atoms with E-state index < -0.39 is 9.52 Å². The van der Waals surface area contributed by atoms with Crippen molar-refractivity contribution in [2.24, 2.45) is 36.6 Å². The molecule has 120 heavy (non-hydrogen) atoms. The number of rotatable bonds is 17. The van der Waals surface area contributed by atoms with Crippen molar-refractivity contribution in [1.29, 1.82) is 0 Å². The maximum absolute atomic E-state index is 11.7. The van der Waals surface area contributed by atoms with Crippen molar-refractivity contribution in [2.75, 3.05) is 131 Å². The van der Waals surface area contributed by atoms with Crippen LogP contribution in [0.5, 0.6) is 0 Å². The molecule has 8 fully saturated rings. The molecule has 0 spiro atoms. The van der Waals surface area contributed by atoms with Gasteiger partial charge in [-0.2, -0.15) is 0 Å². The van der Waals surface area contributed by atoms with E-state index in [0.29, 0.717) is 72.2 Å². The third kappa shape index (κ3) is 50.1. The normalized spacial score (nSPS) is 20.6. The van der Waals surface area contributed by atoms with E-state index in [9.17, 15) is 33.3 Å². The number of likely N-dealkylation sites (tertiary alicyclic amines) is 4. The van der Waals surface area contributed by atoms with Crippen LogP contribution < -0.4 is 16.7 Å². The lowest BCUT2D eigenvalue weighted by atomic mass is 9.82. The van der Waals surface area contributed by atoms with Crippen molar-refractivity contribution in [2.45, 2.75) is 368 Å². The van der Waals surface area contributed by atoms with Crippen LogP contribution in [0.25, 0.3) is 0 Å². The highest BCUT2D eigenvalue weighted by atomic mass is 32.2. The van der Waals surface area contributed by atoms with Crippen molar-refractivity contribution < 1.29 is 23.6 Å². The second-order valence-corrected chi connectivity index (χ2v) is 42.0. The molecule has 698 valence electrons. The van der Waals surface area contributed by atoms with E-state index in [4.69, 9.17) is 4.74 Å². The molecule has 20 heteroatoms. The summed E-state index contributed by atoms with van der Waals surface area (Å²) in [6.07, 6.45) is 29.8. The summed E-state index contributed by atoms with van der Waals surface area (Å²) in [5.41, 5.74) is 3.62. The highest BCUT2D eigenvalue weighted by molar-refractivity contribution is 8.00. The predicted octanol–water partition coefficient (Wildman–Crippen LogP) is 18.0. The molecule has 3 unspecified atom stereocenters. The van der Waals surface area contributed by atoms with E-state index >= 15 is 0 Å². The fourth-order valence-corrected chi connectivity index (χ4v) is 17.0. The molecule has 1 aliphatic carbocycles. The van der Waals surface area contributed by atoms with Gasteiger partial charge in [0.1, 0.15) is 5.78 Å². The van der Waals surface area contributed by atoms with E-state index in [2.05, 4.69) is 206 Å². The molecule has 7 aliphatic heterocycles. The number of piperazine rings is 1. The first kappa shape index (κ1) is 114. The number of aliphatic hydroxyl groups is 1. The number of aryl methyl sites for hydroxylation is 2. The SMILES string of the molecule is C=S1(=O)CCN(C(C)C)CC1.CC(=O)C1CCN(C(C)C)CC1.CC(C)C1CCCCC1.CC(C)C1CCCCO1.CC(C)N1CCCC(O)C1.CC(C)N1CCCCC1.CC(C)N1CCN(C)C(=O)C1.CC(C)c1ccn(C)c(=O)c1.CC(C)c1ccn(CCN(C)C)c(=O)c1.CC1CCCN(C(C)C)C1.CCCn1ccc(C(C)C)cc1=O. The van der Waals surface area contributed by atoms with Crippen LogP contribution in [-0.2, 0) is 44.0 Å². The number of amides is 1. The number of pyridine rings is 3. The van der Waals surface area contributed by atoms with Gasteiger partial charge in [-0.3, -0.25) is 42.9 Å². The first-order valence-electron chi connectivity index (χ1n) is 47.8. The maximum Gasteiger partial charge on any atom is 0.250 e. The Bertz CT molecular complexity index is 3330. The second kappa shape index (κ2) is 62.7. The minimum atomic E-state index is -1.69. The Kier molecular flexibility index (Phi) is 59.4.